The van der Waals surface area contributed by atoms with E-state index in [-0.39, 0.29) is 5.41 Å². The molecule has 1 aliphatic heterocycles. The molecule has 1 aliphatic carbocycles. The first-order valence-corrected chi connectivity index (χ1v) is 8.17. The van der Waals surface area contributed by atoms with E-state index in [2.05, 4.69) is 25.7 Å². The van der Waals surface area contributed by atoms with Crippen molar-refractivity contribution in [3.8, 4) is 0 Å². The highest BCUT2D eigenvalue weighted by Gasteiger charge is 2.39. The van der Waals surface area contributed by atoms with Gasteiger partial charge in [-0.2, -0.15) is 0 Å². The van der Waals surface area contributed by atoms with E-state index in [4.69, 9.17) is 0 Å². The van der Waals surface area contributed by atoms with Crippen molar-refractivity contribution in [1.82, 2.24) is 4.90 Å². The van der Waals surface area contributed by atoms with Crippen molar-refractivity contribution in [3.63, 3.8) is 0 Å². The number of likely N-dealkylation sites (tertiary alicyclic amines) is 1. The molecular formula is C17H31NO. The van der Waals surface area contributed by atoms with Crippen LogP contribution in [0.5, 0.6) is 0 Å². The zero-order valence-corrected chi connectivity index (χ0v) is 13.1. The van der Waals surface area contributed by atoms with Crippen LogP contribution in [0.1, 0.15) is 72.1 Å². The van der Waals surface area contributed by atoms with E-state index >= 15 is 0 Å². The van der Waals surface area contributed by atoms with E-state index in [9.17, 15) is 4.79 Å². The van der Waals surface area contributed by atoms with Gasteiger partial charge in [-0.1, -0.05) is 40.0 Å². The Morgan fingerprint density at radius 2 is 1.58 bits per heavy atom. The van der Waals surface area contributed by atoms with Crippen LogP contribution < -0.4 is 0 Å². The Kier molecular flexibility index (Phi) is 4.70. The Morgan fingerprint density at radius 1 is 1.00 bits per heavy atom. The molecule has 2 rings (SSSR count). The number of piperidine rings is 1. The van der Waals surface area contributed by atoms with Crippen LogP contribution in [0.2, 0.25) is 0 Å². The third kappa shape index (κ3) is 4.05. The van der Waals surface area contributed by atoms with Gasteiger partial charge in [0, 0.05) is 18.4 Å². The maximum Gasteiger partial charge on any atom is 0.138 e. The topological polar surface area (TPSA) is 20.3 Å². The number of carbonyl (C=O) groups is 1. The van der Waals surface area contributed by atoms with E-state index in [0.717, 1.165) is 6.42 Å². The highest BCUT2D eigenvalue weighted by atomic mass is 16.1. The summed E-state index contributed by atoms with van der Waals surface area (Å²) in [4.78, 5) is 15.1. The van der Waals surface area contributed by atoms with Crippen LogP contribution in [-0.4, -0.2) is 30.3 Å². The summed E-state index contributed by atoms with van der Waals surface area (Å²) in [6.07, 6.45) is 10.1. The summed E-state index contributed by atoms with van der Waals surface area (Å²) in [6.45, 7) is 9.89. The van der Waals surface area contributed by atoms with Gasteiger partial charge in [-0.3, -0.25) is 4.79 Å². The molecule has 0 atom stereocenters. The zero-order valence-electron chi connectivity index (χ0n) is 13.1. The number of ketones is 1. The maximum absolute atomic E-state index is 12.4. The van der Waals surface area contributed by atoms with Crippen molar-refractivity contribution < 1.29 is 4.79 Å². The predicted octanol–water partition coefficient (Wildman–Crippen LogP) is 4.04. The molecule has 1 saturated heterocycles. The fraction of sp³-hybridized carbons (Fsp3) is 0.941. The molecule has 0 aromatic carbocycles. The summed E-state index contributed by atoms with van der Waals surface area (Å²) >= 11 is 0. The number of Topliss-reactive ketones (excluding diaryl/α,β-unsaturated/α-hetero) is 1. The minimum Gasteiger partial charge on any atom is -0.303 e. The lowest BCUT2D eigenvalue weighted by Crippen LogP contribution is -2.41. The number of hydrogen-bond acceptors (Lipinski definition) is 2. The Bertz CT molecular complexity index is 304. The summed E-state index contributed by atoms with van der Waals surface area (Å²) in [5.41, 5.74) is 0.138. The molecule has 0 spiro atoms. The largest absolute Gasteiger partial charge is 0.303 e. The maximum atomic E-state index is 12.4. The van der Waals surface area contributed by atoms with Crippen molar-refractivity contribution in [3.05, 3.63) is 0 Å². The lowest BCUT2D eigenvalue weighted by Gasteiger charge is -2.38. The van der Waals surface area contributed by atoms with Crippen LogP contribution in [0.3, 0.4) is 0 Å². The monoisotopic (exact) mass is 265 g/mol. The quantitative estimate of drug-likeness (QED) is 0.764. The normalized spacial score (nSPS) is 24.6. The van der Waals surface area contributed by atoms with Gasteiger partial charge in [-0.15, -0.1) is 0 Å². The van der Waals surface area contributed by atoms with Gasteiger partial charge in [0.05, 0.1) is 0 Å². The first kappa shape index (κ1) is 15.0. The smallest absolute Gasteiger partial charge is 0.138 e. The Balaban J connectivity index is 1.99. The van der Waals surface area contributed by atoms with Crippen LogP contribution in [0, 0.1) is 10.8 Å². The summed E-state index contributed by atoms with van der Waals surface area (Å²) in [6, 6.07) is 0. The molecule has 110 valence electrons. The molecule has 19 heavy (non-hydrogen) atoms. The fourth-order valence-electron chi connectivity index (χ4n) is 3.71. The minimum atomic E-state index is -0.169. The lowest BCUT2D eigenvalue weighted by atomic mass is 9.75. The first-order chi connectivity index (χ1) is 8.91. The van der Waals surface area contributed by atoms with Crippen molar-refractivity contribution in [2.75, 3.05) is 19.6 Å². The number of nitrogens with zero attached hydrogens (tertiary/aromatic N) is 1. The predicted molar refractivity (Wildman–Crippen MR) is 80.3 cm³/mol. The molecule has 2 aliphatic rings. The van der Waals surface area contributed by atoms with E-state index < -0.39 is 0 Å². The third-order valence-electron chi connectivity index (χ3n) is 5.04. The zero-order chi connectivity index (χ0) is 13.9. The van der Waals surface area contributed by atoms with Crippen molar-refractivity contribution in [2.45, 2.75) is 72.1 Å². The van der Waals surface area contributed by atoms with Gasteiger partial charge >= 0.3 is 0 Å². The van der Waals surface area contributed by atoms with Crippen LogP contribution >= 0.6 is 0 Å². The average molecular weight is 265 g/mol. The molecule has 2 nitrogen and oxygen atoms in total. The van der Waals surface area contributed by atoms with Gasteiger partial charge in [-0.05, 0) is 44.2 Å². The van der Waals surface area contributed by atoms with Gasteiger partial charge in [0.1, 0.15) is 5.78 Å². The molecular weight excluding hydrogens is 234 g/mol. The molecule has 1 heterocycles. The molecule has 0 unspecified atom stereocenters. The summed E-state index contributed by atoms with van der Waals surface area (Å²) in [5, 5.41) is 0. The molecule has 0 radical (unpaired) electrons. The van der Waals surface area contributed by atoms with Gasteiger partial charge in [-0.25, -0.2) is 0 Å². The van der Waals surface area contributed by atoms with Gasteiger partial charge < -0.3 is 4.90 Å². The van der Waals surface area contributed by atoms with Crippen molar-refractivity contribution in [2.24, 2.45) is 10.8 Å². The summed E-state index contributed by atoms with van der Waals surface area (Å²) in [7, 11) is 0. The molecule has 0 amide bonds. The first-order valence-electron chi connectivity index (χ1n) is 8.17. The Hall–Kier alpha value is -0.370. The molecule has 0 bridgehead atoms. The lowest BCUT2D eigenvalue weighted by molar-refractivity contribution is -0.129. The summed E-state index contributed by atoms with van der Waals surface area (Å²) < 4.78 is 0. The fourth-order valence-corrected chi connectivity index (χ4v) is 3.71. The highest BCUT2D eigenvalue weighted by Crippen LogP contribution is 2.43. The SMILES string of the molecule is CC(C)(C)C(=O)CC1(CN2CCCCC2)CCCC1. The molecule has 0 aromatic rings. The van der Waals surface area contributed by atoms with Gasteiger partial charge in [0.2, 0.25) is 0 Å². The number of hydrogen-bond donors (Lipinski definition) is 0. The number of carbonyl (C=O) groups excluding carboxylic acids is 1. The van der Waals surface area contributed by atoms with Gasteiger partial charge in [0.15, 0.2) is 0 Å². The molecule has 2 fully saturated rings. The molecule has 1 saturated carbocycles. The second-order valence-electron chi connectivity index (χ2n) is 7.89. The molecule has 2 heteroatoms. The average Bonchev–Trinajstić information content (AvgIpc) is 2.77. The van der Waals surface area contributed by atoms with Crippen molar-refractivity contribution in [1.29, 1.82) is 0 Å². The van der Waals surface area contributed by atoms with Crippen LogP contribution in [-0.2, 0) is 4.79 Å². The van der Waals surface area contributed by atoms with E-state index in [0.29, 0.717) is 11.2 Å². The Labute approximate surface area is 118 Å². The highest BCUT2D eigenvalue weighted by molar-refractivity contribution is 5.84. The second-order valence-corrected chi connectivity index (χ2v) is 7.89. The van der Waals surface area contributed by atoms with Gasteiger partial charge in [0.25, 0.3) is 0 Å². The van der Waals surface area contributed by atoms with E-state index in [1.54, 1.807) is 0 Å². The summed E-state index contributed by atoms with van der Waals surface area (Å²) in [5.74, 6) is 0.464. The molecule has 0 N–H and O–H groups in total. The Morgan fingerprint density at radius 3 is 2.11 bits per heavy atom. The number of rotatable bonds is 4. The van der Waals surface area contributed by atoms with E-state index in [1.165, 1.54) is 64.6 Å². The van der Waals surface area contributed by atoms with Crippen LogP contribution in [0.15, 0.2) is 0 Å². The third-order valence-corrected chi connectivity index (χ3v) is 5.04. The standard InChI is InChI=1S/C17H31NO/c1-16(2,3)15(19)13-17(9-5-6-10-17)14-18-11-7-4-8-12-18/h4-14H2,1-3H3. The van der Waals surface area contributed by atoms with Crippen LogP contribution in [0.25, 0.3) is 0 Å². The molecule has 0 aromatic heterocycles. The van der Waals surface area contributed by atoms with Crippen molar-refractivity contribution >= 4 is 5.78 Å². The van der Waals surface area contributed by atoms with Crippen LogP contribution in [0.4, 0.5) is 0 Å². The van der Waals surface area contributed by atoms with E-state index in [1.807, 2.05) is 0 Å². The second kappa shape index (κ2) is 5.95. The minimum absolute atomic E-state index is 0.169.